The molecule has 1 unspecified atom stereocenters. The maximum absolute atomic E-state index is 11.1. The Morgan fingerprint density at radius 3 is 2.95 bits per heavy atom. The minimum absolute atomic E-state index is 0.00396. The molecule has 1 aliphatic heterocycles. The zero-order chi connectivity index (χ0) is 13.5. The Morgan fingerprint density at radius 2 is 2.21 bits per heavy atom. The first-order valence-electron chi connectivity index (χ1n) is 6.62. The summed E-state index contributed by atoms with van der Waals surface area (Å²) >= 11 is 0. The van der Waals surface area contributed by atoms with E-state index in [2.05, 4.69) is 27.7 Å². The summed E-state index contributed by atoms with van der Waals surface area (Å²) in [6.45, 7) is 3.51. The zero-order valence-corrected chi connectivity index (χ0v) is 11.3. The number of hydrogen-bond acceptors (Lipinski definition) is 4. The largest absolute Gasteiger partial charge is 0.373 e. The van der Waals surface area contributed by atoms with E-state index in [9.17, 15) is 4.79 Å². The zero-order valence-electron chi connectivity index (χ0n) is 11.3. The molecular weight excluding hydrogens is 242 g/mol. The molecule has 1 saturated heterocycles. The van der Waals surface area contributed by atoms with Crippen LogP contribution in [0.25, 0.3) is 0 Å². The number of hydrogen-bond donors (Lipinski definition) is 2. The summed E-state index contributed by atoms with van der Waals surface area (Å²) in [6, 6.07) is 10.3. The van der Waals surface area contributed by atoms with Crippen molar-refractivity contribution in [3.63, 3.8) is 0 Å². The lowest BCUT2D eigenvalue weighted by Gasteiger charge is -2.34. The van der Waals surface area contributed by atoms with Crippen molar-refractivity contribution in [3.05, 3.63) is 30.3 Å². The minimum atomic E-state index is -0.00396. The van der Waals surface area contributed by atoms with Crippen LogP contribution in [0.5, 0.6) is 0 Å². The highest BCUT2D eigenvalue weighted by atomic mass is 16.5. The second kappa shape index (κ2) is 7.11. The van der Waals surface area contributed by atoms with E-state index in [0.29, 0.717) is 13.1 Å². The Balaban J connectivity index is 1.79. The van der Waals surface area contributed by atoms with Crippen molar-refractivity contribution < 1.29 is 9.53 Å². The van der Waals surface area contributed by atoms with Gasteiger partial charge >= 0.3 is 0 Å². The Bertz CT molecular complexity index is 397. The molecule has 1 fully saturated rings. The molecule has 0 bridgehead atoms. The van der Waals surface area contributed by atoms with Gasteiger partial charge in [-0.2, -0.15) is 0 Å². The van der Waals surface area contributed by atoms with E-state index < -0.39 is 0 Å². The van der Waals surface area contributed by atoms with Gasteiger partial charge in [-0.15, -0.1) is 0 Å². The van der Waals surface area contributed by atoms with Gasteiger partial charge in [0.05, 0.1) is 19.3 Å². The number of carbonyl (C=O) groups excluding carboxylic acids is 1. The third kappa shape index (κ3) is 4.22. The summed E-state index contributed by atoms with van der Waals surface area (Å²) in [7, 11) is 1.64. The molecule has 0 radical (unpaired) electrons. The van der Waals surface area contributed by atoms with E-state index in [1.807, 2.05) is 18.2 Å². The lowest BCUT2D eigenvalue weighted by atomic mass is 10.2. The molecule has 1 aromatic carbocycles. The van der Waals surface area contributed by atoms with Crippen molar-refractivity contribution in [1.29, 1.82) is 0 Å². The number of nitrogens with one attached hydrogen (secondary N) is 2. The standard InChI is InChI=1S/C14H21N3O2/c1-15-14(18)10-16-9-13-11-17(7-8-19-13)12-5-3-2-4-6-12/h2-6,13,16H,7-11H2,1H3,(H,15,18). The van der Waals surface area contributed by atoms with Crippen LogP contribution in [0.1, 0.15) is 0 Å². The van der Waals surface area contributed by atoms with Crippen LogP contribution in [-0.4, -0.2) is 51.8 Å². The average molecular weight is 263 g/mol. The Kier molecular flexibility index (Phi) is 5.18. The third-order valence-corrected chi connectivity index (χ3v) is 3.20. The molecule has 0 saturated carbocycles. The molecule has 2 rings (SSSR count). The van der Waals surface area contributed by atoms with Crippen molar-refractivity contribution in [3.8, 4) is 0 Å². The lowest BCUT2D eigenvalue weighted by Crippen LogP contribution is -2.47. The number of carbonyl (C=O) groups is 1. The second-order valence-electron chi connectivity index (χ2n) is 4.58. The fourth-order valence-electron chi connectivity index (χ4n) is 2.15. The molecule has 1 heterocycles. The molecule has 19 heavy (non-hydrogen) atoms. The third-order valence-electron chi connectivity index (χ3n) is 3.20. The number of amides is 1. The first-order chi connectivity index (χ1) is 9.29. The Hall–Kier alpha value is -1.59. The first kappa shape index (κ1) is 13.8. The number of rotatable bonds is 5. The molecule has 5 heteroatoms. The van der Waals surface area contributed by atoms with Crippen LogP contribution in [0, 0.1) is 0 Å². The van der Waals surface area contributed by atoms with Crippen molar-refractivity contribution in [1.82, 2.24) is 10.6 Å². The van der Waals surface area contributed by atoms with Gasteiger partial charge in [-0.3, -0.25) is 4.79 Å². The van der Waals surface area contributed by atoms with Gasteiger partial charge in [0.1, 0.15) is 0 Å². The van der Waals surface area contributed by atoms with Crippen molar-refractivity contribution in [2.45, 2.75) is 6.10 Å². The highest BCUT2D eigenvalue weighted by Crippen LogP contribution is 2.16. The first-order valence-corrected chi connectivity index (χ1v) is 6.62. The molecule has 0 spiro atoms. The molecule has 1 aromatic rings. The molecule has 5 nitrogen and oxygen atoms in total. The molecular formula is C14H21N3O2. The van der Waals surface area contributed by atoms with Gasteiger partial charge in [0.15, 0.2) is 0 Å². The number of morpholine rings is 1. The number of anilines is 1. The normalized spacial score (nSPS) is 19.2. The van der Waals surface area contributed by atoms with E-state index in [-0.39, 0.29) is 12.0 Å². The lowest BCUT2D eigenvalue weighted by molar-refractivity contribution is -0.119. The van der Waals surface area contributed by atoms with Gasteiger partial charge in [0.2, 0.25) is 5.91 Å². The molecule has 1 atom stereocenters. The number of benzene rings is 1. The van der Waals surface area contributed by atoms with Crippen molar-refractivity contribution in [2.75, 3.05) is 44.7 Å². The van der Waals surface area contributed by atoms with E-state index >= 15 is 0 Å². The van der Waals surface area contributed by atoms with Gasteiger partial charge in [-0.05, 0) is 12.1 Å². The van der Waals surface area contributed by atoms with Crippen LogP contribution in [-0.2, 0) is 9.53 Å². The van der Waals surface area contributed by atoms with E-state index in [1.165, 1.54) is 5.69 Å². The number of nitrogens with zero attached hydrogens (tertiary/aromatic N) is 1. The highest BCUT2D eigenvalue weighted by Gasteiger charge is 2.20. The van der Waals surface area contributed by atoms with Crippen LogP contribution in [0.3, 0.4) is 0 Å². The van der Waals surface area contributed by atoms with E-state index in [1.54, 1.807) is 7.05 Å². The molecule has 0 aliphatic carbocycles. The Morgan fingerprint density at radius 1 is 1.42 bits per heavy atom. The average Bonchev–Trinajstić information content (AvgIpc) is 2.48. The highest BCUT2D eigenvalue weighted by molar-refractivity contribution is 5.77. The van der Waals surface area contributed by atoms with Crippen LogP contribution >= 0.6 is 0 Å². The molecule has 104 valence electrons. The fraction of sp³-hybridized carbons (Fsp3) is 0.500. The summed E-state index contributed by atoms with van der Waals surface area (Å²) in [5.41, 5.74) is 1.22. The predicted molar refractivity (Wildman–Crippen MR) is 75.3 cm³/mol. The van der Waals surface area contributed by atoms with Gasteiger partial charge in [0.25, 0.3) is 0 Å². The van der Waals surface area contributed by atoms with Gasteiger partial charge in [-0.1, -0.05) is 18.2 Å². The summed E-state index contributed by atoms with van der Waals surface area (Å²) < 4.78 is 5.71. The topological polar surface area (TPSA) is 53.6 Å². The summed E-state index contributed by atoms with van der Waals surface area (Å²) in [4.78, 5) is 13.4. The van der Waals surface area contributed by atoms with Crippen LogP contribution in [0.4, 0.5) is 5.69 Å². The summed E-state index contributed by atoms with van der Waals surface area (Å²) in [6.07, 6.45) is 0.124. The fourth-order valence-corrected chi connectivity index (χ4v) is 2.15. The number of ether oxygens (including phenoxy) is 1. The monoisotopic (exact) mass is 263 g/mol. The van der Waals surface area contributed by atoms with Crippen LogP contribution in [0.15, 0.2) is 30.3 Å². The maximum Gasteiger partial charge on any atom is 0.233 e. The van der Waals surface area contributed by atoms with E-state index in [0.717, 1.165) is 19.7 Å². The molecule has 1 aliphatic rings. The molecule has 1 amide bonds. The summed E-state index contributed by atoms with van der Waals surface area (Å²) in [5, 5.41) is 5.70. The number of likely N-dealkylation sites (N-methyl/N-ethyl adjacent to an activating group) is 1. The Labute approximate surface area is 113 Å². The van der Waals surface area contributed by atoms with Gasteiger partial charge in [0, 0.05) is 32.4 Å². The predicted octanol–water partition coefficient (Wildman–Crippen LogP) is 0.227. The van der Waals surface area contributed by atoms with E-state index in [4.69, 9.17) is 4.74 Å². The smallest absolute Gasteiger partial charge is 0.233 e. The summed E-state index contributed by atoms with van der Waals surface area (Å²) in [5.74, 6) is -0.00396. The molecule has 2 N–H and O–H groups in total. The maximum atomic E-state index is 11.1. The molecule has 0 aromatic heterocycles. The van der Waals surface area contributed by atoms with Crippen LogP contribution < -0.4 is 15.5 Å². The van der Waals surface area contributed by atoms with Gasteiger partial charge in [-0.25, -0.2) is 0 Å². The quantitative estimate of drug-likeness (QED) is 0.798. The second-order valence-corrected chi connectivity index (χ2v) is 4.58. The van der Waals surface area contributed by atoms with Gasteiger partial charge < -0.3 is 20.3 Å². The number of para-hydroxylation sites is 1. The minimum Gasteiger partial charge on any atom is -0.373 e. The van der Waals surface area contributed by atoms with Crippen molar-refractivity contribution in [2.24, 2.45) is 0 Å². The SMILES string of the molecule is CNC(=O)CNCC1CN(c2ccccc2)CCO1. The van der Waals surface area contributed by atoms with Crippen molar-refractivity contribution >= 4 is 11.6 Å². The van der Waals surface area contributed by atoms with Crippen LogP contribution in [0.2, 0.25) is 0 Å².